The number of nitrogens with two attached hydrogens (primary N) is 1. The van der Waals surface area contributed by atoms with Gasteiger partial charge < -0.3 is 10.5 Å². The van der Waals surface area contributed by atoms with Crippen LogP contribution in [0.5, 0.6) is 5.75 Å². The van der Waals surface area contributed by atoms with Crippen LogP contribution in [0.1, 0.15) is 31.7 Å². The Kier molecular flexibility index (Phi) is 4.34. The molecule has 16 heavy (non-hydrogen) atoms. The van der Waals surface area contributed by atoms with Crippen molar-refractivity contribution in [1.82, 2.24) is 0 Å². The Bertz CT molecular complexity index is 422. The summed E-state index contributed by atoms with van der Waals surface area (Å²) < 4.78 is 5.07. The molecule has 0 fully saturated rings. The minimum absolute atomic E-state index is 0.217. The highest BCUT2D eigenvalue weighted by Crippen LogP contribution is 2.24. The highest BCUT2D eigenvalue weighted by Gasteiger charge is 2.09. The first-order valence-electron chi connectivity index (χ1n) is 5.18. The topological polar surface area (TPSA) is 76.1 Å². The molecule has 0 radical (unpaired) electrons. The highest BCUT2D eigenvalue weighted by atomic mass is 16.5. The van der Waals surface area contributed by atoms with Crippen molar-refractivity contribution in [2.24, 2.45) is 0 Å². The van der Waals surface area contributed by atoms with Gasteiger partial charge in [-0.05, 0) is 18.6 Å². The van der Waals surface area contributed by atoms with Crippen LogP contribution in [0.4, 0.5) is 5.69 Å². The number of nitrogen functional groups attached to an aromatic ring is 1. The zero-order chi connectivity index (χ0) is 12.0. The molecule has 84 valence electrons. The lowest BCUT2D eigenvalue weighted by Gasteiger charge is -2.07. The third-order valence-electron chi connectivity index (χ3n) is 2.14. The lowest BCUT2D eigenvalue weighted by atomic mass is 10.2. The fraction of sp³-hybridized carbons (Fsp3) is 0.333. The maximum atomic E-state index is 11.4. The Labute approximate surface area is 94.6 Å². The molecule has 4 nitrogen and oxygen atoms in total. The van der Waals surface area contributed by atoms with Crippen LogP contribution in [0.2, 0.25) is 0 Å². The van der Waals surface area contributed by atoms with Gasteiger partial charge in [0.25, 0.3) is 0 Å². The molecule has 0 spiro atoms. The van der Waals surface area contributed by atoms with Gasteiger partial charge in [-0.25, -0.2) is 0 Å². The van der Waals surface area contributed by atoms with Gasteiger partial charge in [-0.2, -0.15) is 5.26 Å². The predicted molar refractivity (Wildman–Crippen MR) is 60.7 cm³/mol. The number of esters is 1. The number of benzene rings is 1. The minimum Gasteiger partial charge on any atom is -0.424 e. The lowest BCUT2D eigenvalue weighted by molar-refractivity contribution is -0.134. The predicted octanol–water partition coefficient (Wildman–Crippen LogP) is 2.24. The average Bonchev–Trinajstić information content (AvgIpc) is 2.29. The van der Waals surface area contributed by atoms with E-state index in [4.69, 9.17) is 15.7 Å². The average molecular weight is 218 g/mol. The maximum Gasteiger partial charge on any atom is 0.311 e. The highest BCUT2D eigenvalue weighted by molar-refractivity contribution is 5.75. The number of para-hydroxylation sites is 1. The second-order valence-corrected chi connectivity index (χ2v) is 3.41. The van der Waals surface area contributed by atoms with Gasteiger partial charge in [0.05, 0.1) is 11.3 Å². The number of hydrogen-bond donors (Lipinski definition) is 1. The van der Waals surface area contributed by atoms with Gasteiger partial charge >= 0.3 is 5.97 Å². The molecule has 0 aromatic heterocycles. The van der Waals surface area contributed by atoms with E-state index in [0.29, 0.717) is 12.0 Å². The van der Waals surface area contributed by atoms with Crippen LogP contribution in [-0.4, -0.2) is 5.97 Å². The van der Waals surface area contributed by atoms with Gasteiger partial charge in [-0.15, -0.1) is 0 Å². The molecule has 0 aliphatic rings. The number of ether oxygens (including phenoxy) is 1. The summed E-state index contributed by atoms with van der Waals surface area (Å²) in [6.07, 6.45) is 2.09. The van der Waals surface area contributed by atoms with E-state index in [1.54, 1.807) is 18.2 Å². The molecule has 0 saturated heterocycles. The first-order valence-corrected chi connectivity index (χ1v) is 5.18. The smallest absolute Gasteiger partial charge is 0.311 e. The summed E-state index contributed by atoms with van der Waals surface area (Å²) in [7, 11) is 0. The number of hydrogen-bond acceptors (Lipinski definition) is 4. The van der Waals surface area contributed by atoms with Crippen LogP contribution >= 0.6 is 0 Å². The van der Waals surface area contributed by atoms with Crippen LogP contribution in [-0.2, 0) is 4.79 Å². The van der Waals surface area contributed by atoms with Crippen molar-refractivity contribution in [1.29, 1.82) is 5.26 Å². The van der Waals surface area contributed by atoms with Gasteiger partial charge in [0.1, 0.15) is 6.07 Å². The number of unbranched alkanes of at least 4 members (excludes halogenated alkanes) is 1. The normalized spacial score (nSPS) is 9.50. The van der Waals surface area contributed by atoms with Gasteiger partial charge in [-0.3, -0.25) is 4.79 Å². The Balaban J connectivity index is 2.75. The molecule has 2 N–H and O–H groups in total. The van der Waals surface area contributed by atoms with Crippen molar-refractivity contribution >= 4 is 11.7 Å². The molecule has 0 atom stereocenters. The standard InChI is InChI=1S/C12H14N2O2/c1-2-3-7-11(15)16-10-6-4-5-9(8-13)12(10)14/h4-6H,2-3,7,14H2,1H3. The van der Waals surface area contributed by atoms with Crippen LogP contribution in [0.3, 0.4) is 0 Å². The van der Waals surface area contributed by atoms with Gasteiger partial charge in [0.15, 0.2) is 5.75 Å². The monoisotopic (exact) mass is 218 g/mol. The summed E-state index contributed by atoms with van der Waals surface area (Å²) >= 11 is 0. The van der Waals surface area contributed by atoms with Crippen LogP contribution in [0, 0.1) is 11.3 Å². The van der Waals surface area contributed by atoms with E-state index < -0.39 is 0 Å². The summed E-state index contributed by atoms with van der Waals surface area (Å²) in [5.74, 6) is -0.0520. The first kappa shape index (κ1) is 12.1. The number of anilines is 1. The second-order valence-electron chi connectivity index (χ2n) is 3.41. The molecule has 0 aliphatic carbocycles. The number of nitrogens with zero attached hydrogens (tertiary/aromatic N) is 1. The van der Waals surface area contributed by atoms with Crippen LogP contribution in [0.15, 0.2) is 18.2 Å². The van der Waals surface area contributed by atoms with E-state index >= 15 is 0 Å². The zero-order valence-electron chi connectivity index (χ0n) is 9.19. The fourth-order valence-electron chi connectivity index (χ4n) is 1.23. The van der Waals surface area contributed by atoms with E-state index in [1.807, 2.05) is 13.0 Å². The number of carbonyl (C=O) groups excluding carboxylic acids is 1. The largest absolute Gasteiger partial charge is 0.424 e. The fourth-order valence-corrected chi connectivity index (χ4v) is 1.23. The SMILES string of the molecule is CCCCC(=O)Oc1cccc(C#N)c1N. The van der Waals surface area contributed by atoms with Crippen molar-refractivity contribution in [3.8, 4) is 11.8 Å². The van der Waals surface area contributed by atoms with E-state index in [1.165, 1.54) is 0 Å². The molecule has 1 aromatic carbocycles. The molecular formula is C12H14N2O2. The Morgan fingerprint density at radius 1 is 1.56 bits per heavy atom. The molecule has 0 heterocycles. The maximum absolute atomic E-state index is 11.4. The minimum atomic E-state index is -0.316. The molecule has 0 aliphatic heterocycles. The summed E-state index contributed by atoms with van der Waals surface area (Å²) in [6, 6.07) is 6.74. The number of carbonyl (C=O) groups is 1. The quantitative estimate of drug-likeness (QED) is 0.477. The van der Waals surface area contributed by atoms with E-state index in [9.17, 15) is 4.79 Å². The van der Waals surface area contributed by atoms with Crippen molar-refractivity contribution in [3.05, 3.63) is 23.8 Å². The second kappa shape index (κ2) is 5.76. The number of nitriles is 1. The van der Waals surface area contributed by atoms with Crippen molar-refractivity contribution in [2.45, 2.75) is 26.2 Å². The van der Waals surface area contributed by atoms with Crippen molar-refractivity contribution < 1.29 is 9.53 Å². The Morgan fingerprint density at radius 3 is 2.94 bits per heavy atom. The Hall–Kier alpha value is -2.02. The zero-order valence-corrected chi connectivity index (χ0v) is 9.19. The molecule has 0 unspecified atom stereocenters. The summed E-state index contributed by atoms with van der Waals surface area (Å²) in [4.78, 5) is 11.4. The van der Waals surface area contributed by atoms with E-state index in [0.717, 1.165) is 12.8 Å². The first-order chi connectivity index (χ1) is 7.69. The Morgan fingerprint density at radius 2 is 2.31 bits per heavy atom. The van der Waals surface area contributed by atoms with E-state index in [2.05, 4.69) is 0 Å². The lowest BCUT2D eigenvalue weighted by Crippen LogP contribution is -2.09. The summed E-state index contributed by atoms with van der Waals surface area (Å²) in [6.45, 7) is 2.00. The van der Waals surface area contributed by atoms with Crippen molar-refractivity contribution in [2.75, 3.05) is 5.73 Å². The van der Waals surface area contributed by atoms with Crippen molar-refractivity contribution in [3.63, 3.8) is 0 Å². The van der Waals surface area contributed by atoms with Gasteiger partial charge in [0, 0.05) is 6.42 Å². The van der Waals surface area contributed by atoms with E-state index in [-0.39, 0.29) is 17.4 Å². The molecule has 0 bridgehead atoms. The third-order valence-corrected chi connectivity index (χ3v) is 2.14. The van der Waals surface area contributed by atoms with Gasteiger partial charge in [0.2, 0.25) is 0 Å². The van der Waals surface area contributed by atoms with Crippen LogP contribution < -0.4 is 10.5 Å². The van der Waals surface area contributed by atoms with Gasteiger partial charge in [-0.1, -0.05) is 19.4 Å². The summed E-state index contributed by atoms with van der Waals surface area (Å²) in [5, 5.41) is 8.75. The molecule has 1 rings (SSSR count). The third kappa shape index (κ3) is 2.99. The van der Waals surface area contributed by atoms with Crippen LogP contribution in [0.25, 0.3) is 0 Å². The molecule has 1 aromatic rings. The number of rotatable bonds is 4. The summed E-state index contributed by atoms with van der Waals surface area (Å²) in [5.41, 5.74) is 6.21. The molecule has 0 amide bonds. The molecular weight excluding hydrogens is 204 g/mol. The molecule has 4 heteroatoms. The molecule has 0 saturated carbocycles.